The first-order chi connectivity index (χ1) is 8.85. The molecule has 1 N–H and O–H groups in total. The molecule has 0 amide bonds. The Kier molecular flexibility index (Phi) is 5.43. The maximum atomic E-state index is 9.21. The van der Waals surface area contributed by atoms with E-state index < -0.39 is 0 Å². The van der Waals surface area contributed by atoms with Crippen LogP contribution < -0.4 is 5.32 Å². The van der Waals surface area contributed by atoms with Crippen molar-refractivity contribution in [3.8, 4) is 6.07 Å². The number of nitrogens with zero attached hydrogens (tertiary/aromatic N) is 2. The van der Waals surface area contributed by atoms with Gasteiger partial charge >= 0.3 is 0 Å². The van der Waals surface area contributed by atoms with E-state index in [-0.39, 0.29) is 6.04 Å². The van der Waals surface area contributed by atoms with Gasteiger partial charge in [0.25, 0.3) is 0 Å². The average Bonchev–Trinajstić information content (AvgIpc) is 2.43. The molecule has 1 saturated heterocycles. The Balaban J connectivity index is 1.88. The Labute approximate surface area is 110 Å². The maximum absolute atomic E-state index is 9.21. The highest BCUT2D eigenvalue weighted by molar-refractivity contribution is 4.96. The number of ether oxygens (including phenoxy) is 1. The molecular weight excluding hydrogens is 226 g/mol. The molecule has 2 rings (SSSR count). The van der Waals surface area contributed by atoms with E-state index >= 15 is 0 Å². The van der Waals surface area contributed by atoms with Crippen molar-refractivity contribution in [2.45, 2.75) is 57.2 Å². The molecule has 4 nitrogen and oxygen atoms in total. The molecule has 4 heteroatoms. The summed E-state index contributed by atoms with van der Waals surface area (Å²) in [6.45, 7) is 5.71. The molecule has 3 unspecified atom stereocenters. The average molecular weight is 251 g/mol. The number of fused-ring (bicyclic) bond motifs is 1. The molecule has 0 spiro atoms. The van der Waals surface area contributed by atoms with Gasteiger partial charge in [-0.1, -0.05) is 19.8 Å². The summed E-state index contributed by atoms with van der Waals surface area (Å²) in [5.74, 6) is 0. The standard InChI is InChI=1S/C14H25N3O/c1-2-7-16-12(10-15)11-17-8-9-18-14-6-4-3-5-13(14)17/h12-14,16H,2-9,11H2,1H3. The lowest BCUT2D eigenvalue weighted by atomic mass is 9.90. The number of hydrogen-bond acceptors (Lipinski definition) is 4. The van der Waals surface area contributed by atoms with Crippen LogP contribution in [0.5, 0.6) is 0 Å². The molecular formula is C14H25N3O. The molecule has 102 valence electrons. The SMILES string of the molecule is CCCNC(C#N)CN1CCOC2CCCCC21. The second-order valence-electron chi connectivity index (χ2n) is 5.39. The van der Waals surface area contributed by atoms with Crippen LogP contribution in [0.15, 0.2) is 0 Å². The lowest BCUT2D eigenvalue weighted by Gasteiger charge is -2.44. The van der Waals surface area contributed by atoms with Crippen LogP contribution in [0, 0.1) is 11.3 Å². The maximum Gasteiger partial charge on any atom is 0.108 e. The second kappa shape index (κ2) is 7.08. The summed E-state index contributed by atoms with van der Waals surface area (Å²) in [7, 11) is 0. The number of hydrogen-bond donors (Lipinski definition) is 1. The lowest BCUT2D eigenvalue weighted by Crippen LogP contribution is -2.55. The molecule has 0 aromatic carbocycles. The van der Waals surface area contributed by atoms with E-state index in [1.807, 2.05) is 0 Å². The number of nitriles is 1. The molecule has 1 aliphatic heterocycles. The highest BCUT2D eigenvalue weighted by Gasteiger charge is 2.34. The quantitative estimate of drug-likeness (QED) is 0.805. The highest BCUT2D eigenvalue weighted by Crippen LogP contribution is 2.28. The van der Waals surface area contributed by atoms with Gasteiger partial charge in [0.2, 0.25) is 0 Å². The Bertz CT molecular complexity index is 287. The van der Waals surface area contributed by atoms with Gasteiger partial charge in [0.05, 0.1) is 18.8 Å². The van der Waals surface area contributed by atoms with E-state index in [0.29, 0.717) is 12.1 Å². The van der Waals surface area contributed by atoms with Gasteiger partial charge in [0.1, 0.15) is 6.04 Å². The normalized spacial score (nSPS) is 30.4. The first-order valence-electron chi connectivity index (χ1n) is 7.33. The zero-order valence-electron chi connectivity index (χ0n) is 11.4. The Morgan fingerprint density at radius 3 is 3.06 bits per heavy atom. The number of nitrogens with one attached hydrogen (secondary N) is 1. The van der Waals surface area contributed by atoms with E-state index in [2.05, 4.69) is 23.2 Å². The van der Waals surface area contributed by atoms with Gasteiger partial charge in [0, 0.05) is 19.1 Å². The monoisotopic (exact) mass is 251 g/mol. The predicted octanol–water partition coefficient (Wildman–Crippen LogP) is 1.52. The highest BCUT2D eigenvalue weighted by atomic mass is 16.5. The van der Waals surface area contributed by atoms with Crippen LogP contribution in [0.2, 0.25) is 0 Å². The topological polar surface area (TPSA) is 48.3 Å². The Morgan fingerprint density at radius 1 is 1.44 bits per heavy atom. The minimum atomic E-state index is -0.0365. The van der Waals surface area contributed by atoms with Crippen molar-refractivity contribution in [3.63, 3.8) is 0 Å². The lowest BCUT2D eigenvalue weighted by molar-refractivity contribution is -0.0888. The zero-order chi connectivity index (χ0) is 12.8. The van der Waals surface area contributed by atoms with Crippen LogP contribution in [-0.2, 0) is 4.74 Å². The summed E-state index contributed by atoms with van der Waals surface area (Å²) in [6, 6.07) is 2.90. The third-order valence-electron chi connectivity index (χ3n) is 4.06. The molecule has 3 atom stereocenters. The van der Waals surface area contributed by atoms with Crippen LogP contribution >= 0.6 is 0 Å². The van der Waals surface area contributed by atoms with E-state index in [0.717, 1.165) is 32.7 Å². The molecule has 0 aromatic rings. The molecule has 0 radical (unpaired) electrons. The van der Waals surface area contributed by atoms with Gasteiger partial charge in [-0.15, -0.1) is 0 Å². The van der Waals surface area contributed by atoms with E-state index in [9.17, 15) is 5.26 Å². The van der Waals surface area contributed by atoms with Crippen LogP contribution in [0.1, 0.15) is 39.0 Å². The van der Waals surface area contributed by atoms with Gasteiger partial charge in [0.15, 0.2) is 0 Å². The summed E-state index contributed by atoms with van der Waals surface area (Å²) in [4.78, 5) is 2.48. The molecule has 0 bridgehead atoms. The zero-order valence-corrected chi connectivity index (χ0v) is 11.4. The van der Waals surface area contributed by atoms with E-state index in [1.165, 1.54) is 25.7 Å². The fraction of sp³-hybridized carbons (Fsp3) is 0.929. The van der Waals surface area contributed by atoms with Gasteiger partial charge in [-0.05, 0) is 25.8 Å². The van der Waals surface area contributed by atoms with Crippen LogP contribution in [0.3, 0.4) is 0 Å². The minimum absolute atomic E-state index is 0.0365. The first kappa shape index (κ1) is 13.8. The second-order valence-corrected chi connectivity index (χ2v) is 5.39. The number of rotatable bonds is 5. The van der Waals surface area contributed by atoms with E-state index in [4.69, 9.17) is 4.74 Å². The van der Waals surface area contributed by atoms with Gasteiger partial charge in [-0.2, -0.15) is 5.26 Å². The summed E-state index contributed by atoms with van der Waals surface area (Å²) in [6.07, 6.45) is 6.52. The van der Waals surface area contributed by atoms with Crippen LogP contribution in [-0.4, -0.2) is 49.3 Å². The first-order valence-corrected chi connectivity index (χ1v) is 7.33. The van der Waals surface area contributed by atoms with Crippen molar-refractivity contribution in [1.29, 1.82) is 5.26 Å². The molecule has 0 aromatic heterocycles. The molecule has 1 aliphatic carbocycles. The molecule has 1 heterocycles. The predicted molar refractivity (Wildman–Crippen MR) is 71.3 cm³/mol. The number of morpholine rings is 1. The summed E-state index contributed by atoms with van der Waals surface area (Å²) < 4.78 is 5.86. The fourth-order valence-electron chi connectivity index (χ4n) is 3.11. The largest absolute Gasteiger partial charge is 0.375 e. The van der Waals surface area contributed by atoms with E-state index in [1.54, 1.807) is 0 Å². The fourth-order valence-corrected chi connectivity index (χ4v) is 3.11. The van der Waals surface area contributed by atoms with Crippen LogP contribution in [0.4, 0.5) is 0 Å². The van der Waals surface area contributed by atoms with Gasteiger partial charge in [-0.3, -0.25) is 4.90 Å². The van der Waals surface area contributed by atoms with Crippen molar-refractivity contribution in [1.82, 2.24) is 10.2 Å². The Morgan fingerprint density at radius 2 is 2.28 bits per heavy atom. The molecule has 18 heavy (non-hydrogen) atoms. The van der Waals surface area contributed by atoms with Crippen molar-refractivity contribution in [3.05, 3.63) is 0 Å². The van der Waals surface area contributed by atoms with Crippen molar-refractivity contribution in [2.75, 3.05) is 26.2 Å². The third-order valence-corrected chi connectivity index (χ3v) is 4.06. The van der Waals surface area contributed by atoms with Crippen molar-refractivity contribution < 1.29 is 4.74 Å². The summed E-state index contributed by atoms with van der Waals surface area (Å²) >= 11 is 0. The molecule has 2 fully saturated rings. The van der Waals surface area contributed by atoms with Gasteiger partial charge < -0.3 is 10.1 Å². The summed E-state index contributed by atoms with van der Waals surface area (Å²) in [5, 5.41) is 12.5. The molecule has 1 saturated carbocycles. The summed E-state index contributed by atoms with van der Waals surface area (Å²) in [5.41, 5.74) is 0. The minimum Gasteiger partial charge on any atom is -0.375 e. The third kappa shape index (κ3) is 3.44. The van der Waals surface area contributed by atoms with Crippen LogP contribution in [0.25, 0.3) is 0 Å². The molecule has 2 aliphatic rings. The van der Waals surface area contributed by atoms with Crippen molar-refractivity contribution >= 4 is 0 Å². The smallest absolute Gasteiger partial charge is 0.108 e. The van der Waals surface area contributed by atoms with Crippen molar-refractivity contribution in [2.24, 2.45) is 0 Å². The Hall–Kier alpha value is -0.630. The van der Waals surface area contributed by atoms with Gasteiger partial charge in [-0.25, -0.2) is 0 Å².